The predicted molar refractivity (Wildman–Crippen MR) is 122 cm³/mol. The van der Waals surface area contributed by atoms with Gasteiger partial charge in [0, 0.05) is 24.0 Å². The molecule has 0 amide bonds. The van der Waals surface area contributed by atoms with Crippen LogP contribution in [0.15, 0.2) is 54.7 Å². The van der Waals surface area contributed by atoms with Crippen LogP contribution >= 0.6 is 11.3 Å². The number of nitrogens with zero attached hydrogens (tertiary/aromatic N) is 2. The Balaban J connectivity index is 1.47. The number of hydrogen-bond acceptors (Lipinski definition) is 5. The molecule has 1 fully saturated rings. The highest BCUT2D eigenvalue weighted by Gasteiger charge is 2.29. The van der Waals surface area contributed by atoms with Crippen LogP contribution < -0.4 is 0 Å². The molecule has 0 bridgehead atoms. The van der Waals surface area contributed by atoms with Crippen LogP contribution in [-0.4, -0.2) is 39.3 Å². The number of rotatable bonds is 7. The third-order valence-corrected chi connectivity index (χ3v) is 6.95. The van der Waals surface area contributed by atoms with Gasteiger partial charge in [-0.3, -0.25) is 14.5 Å². The Hall–Kier alpha value is -2.83. The zero-order valence-electron chi connectivity index (χ0n) is 17.6. The Labute approximate surface area is 186 Å². The highest BCUT2D eigenvalue weighted by atomic mass is 32.1. The largest absolute Gasteiger partial charge is 0.480 e. The Morgan fingerprint density at radius 3 is 2.71 bits per heavy atom. The van der Waals surface area contributed by atoms with Crippen LogP contribution in [0.1, 0.15) is 45.1 Å². The van der Waals surface area contributed by atoms with Crippen molar-refractivity contribution in [2.24, 2.45) is 0 Å². The second-order valence-corrected chi connectivity index (χ2v) is 9.12. The lowest BCUT2D eigenvalue weighted by Gasteiger charge is -2.32. The highest BCUT2D eigenvalue weighted by molar-refractivity contribution is 7.13. The topological polar surface area (TPSA) is 70.5 Å². The minimum absolute atomic E-state index is 0.00186. The van der Waals surface area contributed by atoms with Crippen LogP contribution in [0.3, 0.4) is 0 Å². The van der Waals surface area contributed by atoms with Gasteiger partial charge in [0.2, 0.25) is 0 Å². The number of thiazole rings is 1. The molecule has 1 saturated heterocycles. The molecular formula is C25H26N2O3S. The van der Waals surface area contributed by atoms with Gasteiger partial charge in [0.05, 0.1) is 0 Å². The quantitative estimate of drug-likeness (QED) is 0.531. The molecule has 1 N–H and O–H groups in total. The normalized spacial score (nSPS) is 16.9. The minimum atomic E-state index is -0.769. The van der Waals surface area contributed by atoms with Crippen LogP contribution in [0.5, 0.6) is 0 Å². The number of ketones is 1. The van der Waals surface area contributed by atoms with E-state index in [1.165, 1.54) is 11.3 Å². The van der Waals surface area contributed by atoms with Gasteiger partial charge in [-0.05, 0) is 48.6 Å². The molecule has 4 rings (SSSR count). The van der Waals surface area contributed by atoms with E-state index in [0.29, 0.717) is 24.4 Å². The standard InChI is InChI=1S/C25H26N2O3S/c1-17-19(10-7-11-21(17)18-8-3-2-4-9-18)14-23(28)24-26-15-20(31-24)16-27-13-6-5-12-22(27)25(29)30/h2-4,7-11,15,22H,5-6,12-14,16H2,1H3,(H,29,30)/t22-/m0/s1. The number of Topliss-reactive ketones (excluding diaryl/α,β-unsaturated/α-hetero) is 1. The van der Waals surface area contributed by atoms with Gasteiger partial charge in [-0.2, -0.15) is 0 Å². The summed E-state index contributed by atoms with van der Waals surface area (Å²) in [6.45, 7) is 3.36. The first-order chi connectivity index (χ1) is 15.0. The summed E-state index contributed by atoms with van der Waals surface area (Å²) in [5, 5.41) is 9.96. The summed E-state index contributed by atoms with van der Waals surface area (Å²) in [6.07, 6.45) is 4.66. The number of carboxylic acid groups (broad SMARTS) is 1. The molecule has 0 aliphatic carbocycles. The zero-order chi connectivity index (χ0) is 21.8. The maximum absolute atomic E-state index is 12.9. The van der Waals surface area contributed by atoms with E-state index in [1.807, 2.05) is 35.2 Å². The molecule has 3 aromatic rings. The van der Waals surface area contributed by atoms with Crippen LogP contribution in [0.4, 0.5) is 0 Å². The lowest BCUT2D eigenvalue weighted by molar-refractivity contribution is -0.144. The van der Waals surface area contributed by atoms with E-state index in [9.17, 15) is 14.7 Å². The molecule has 1 aromatic heterocycles. The Kier molecular flexibility index (Phi) is 6.59. The molecule has 0 unspecified atom stereocenters. The van der Waals surface area contributed by atoms with E-state index < -0.39 is 12.0 Å². The van der Waals surface area contributed by atoms with Gasteiger partial charge in [0.1, 0.15) is 6.04 Å². The van der Waals surface area contributed by atoms with Crippen molar-refractivity contribution in [2.75, 3.05) is 6.54 Å². The molecule has 0 saturated carbocycles. The van der Waals surface area contributed by atoms with Crippen molar-refractivity contribution >= 4 is 23.1 Å². The molecule has 6 heteroatoms. The Morgan fingerprint density at radius 1 is 1.13 bits per heavy atom. The number of piperidine rings is 1. The smallest absolute Gasteiger partial charge is 0.320 e. The average molecular weight is 435 g/mol. The minimum Gasteiger partial charge on any atom is -0.480 e. The Morgan fingerprint density at radius 2 is 1.94 bits per heavy atom. The van der Waals surface area contributed by atoms with Crippen LogP contribution in [0.25, 0.3) is 11.1 Å². The molecule has 1 aliphatic rings. The SMILES string of the molecule is Cc1c(CC(=O)c2ncc(CN3CCCC[C@H]3C(=O)O)s2)cccc1-c1ccccc1. The van der Waals surface area contributed by atoms with Gasteiger partial charge in [-0.15, -0.1) is 11.3 Å². The molecule has 1 atom stereocenters. The third-order valence-electron chi connectivity index (χ3n) is 5.93. The summed E-state index contributed by atoms with van der Waals surface area (Å²) < 4.78 is 0. The number of aliphatic carboxylic acids is 1. The van der Waals surface area contributed by atoms with Crippen molar-refractivity contribution < 1.29 is 14.7 Å². The van der Waals surface area contributed by atoms with Crippen molar-refractivity contribution in [1.82, 2.24) is 9.88 Å². The van der Waals surface area contributed by atoms with Crippen molar-refractivity contribution in [2.45, 2.75) is 45.2 Å². The van der Waals surface area contributed by atoms with Crippen molar-refractivity contribution in [3.8, 4) is 11.1 Å². The maximum Gasteiger partial charge on any atom is 0.320 e. The molecule has 160 valence electrons. The predicted octanol–water partition coefficient (Wildman–Crippen LogP) is 4.98. The lowest BCUT2D eigenvalue weighted by Crippen LogP contribution is -2.43. The fraction of sp³-hybridized carbons (Fsp3) is 0.320. The van der Waals surface area contributed by atoms with Crippen molar-refractivity contribution in [3.63, 3.8) is 0 Å². The zero-order valence-corrected chi connectivity index (χ0v) is 18.4. The highest BCUT2D eigenvalue weighted by Crippen LogP contribution is 2.27. The van der Waals surface area contributed by atoms with E-state index in [0.717, 1.165) is 46.5 Å². The van der Waals surface area contributed by atoms with Crippen molar-refractivity contribution in [1.29, 1.82) is 0 Å². The maximum atomic E-state index is 12.9. The van der Waals surface area contributed by atoms with E-state index in [2.05, 4.69) is 30.1 Å². The van der Waals surface area contributed by atoms with E-state index in [-0.39, 0.29) is 5.78 Å². The number of carbonyl (C=O) groups is 2. The summed E-state index contributed by atoms with van der Waals surface area (Å²) in [4.78, 5) is 31.7. The number of hydrogen-bond donors (Lipinski definition) is 1. The summed E-state index contributed by atoms with van der Waals surface area (Å²) in [7, 11) is 0. The van der Waals surface area contributed by atoms with Crippen LogP contribution in [-0.2, 0) is 17.8 Å². The van der Waals surface area contributed by atoms with Crippen molar-refractivity contribution in [3.05, 3.63) is 75.7 Å². The summed E-state index contributed by atoms with van der Waals surface area (Å²) in [5.41, 5.74) is 4.39. The van der Waals surface area contributed by atoms with Gasteiger partial charge in [-0.1, -0.05) is 55.0 Å². The molecule has 2 heterocycles. The fourth-order valence-corrected chi connectivity index (χ4v) is 5.10. The fourth-order valence-electron chi connectivity index (χ4n) is 4.22. The van der Waals surface area contributed by atoms with Crippen LogP contribution in [0.2, 0.25) is 0 Å². The average Bonchev–Trinajstić information content (AvgIpc) is 3.25. The molecule has 0 radical (unpaired) electrons. The molecule has 2 aromatic carbocycles. The molecular weight excluding hydrogens is 408 g/mol. The molecule has 5 nitrogen and oxygen atoms in total. The van der Waals surface area contributed by atoms with Gasteiger partial charge in [-0.25, -0.2) is 4.98 Å². The van der Waals surface area contributed by atoms with Gasteiger partial charge in [0.25, 0.3) is 0 Å². The van der Waals surface area contributed by atoms with E-state index in [1.54, 1.807) is 6.20 Å². The monoisotopic (exact) mass is 434 g/mol. The first-order valence-electron chi connectivity index (χ1n) is 10.6. The summed E-state index contributed by atoms with van der Waals surface area (Å²) >= 11 is 1.38. The molecule has 1 aliphatic heterocycles. The second kappa shape index (κ2) is 9.54. The number of carboxylic acids is 1. The van der Waals surface area contributed by atoms with Crippen LogP contribution in [0, 0.1) is 6.92 Å². The lowest BCUT2D eigenvalue weighted by atomic mass is 9.94. The third kappa shape index (κ3) is 4.92. The summed E-state index contributed by atoms with van der Waals surface area (Å²) in [6, 6.07) is 15.8. The number of carbonyl (C=O) groups excluding carboxylic acids is 1. The first kappa shape index (κ1) is 21.4. The van der Waals surface area contributed by atoms with Gasteiger partial charge >= 0.3 is 5.97 Å². The Bertz CT molecular complexity index is 1080. The number of aromatic nitrogens is 1. The van der Waals surface area contributed by atoms with E-state index >= 15 is 0 Å². The second-order valence-electron chi connectivity index (χ2n) is 8.01. The number of benzene rings is 2. The number of likely N-dealkylation sites (tertiary alicyclic amines) is 1. The van der Waals surface area contributed by atoms with Gasteiger partial charge < -0.3 is 5.11 Å². The first-order valence-corrected chi connectivity index (χ1v) is 11.4. The molecule has 0 spiro atoms. The summed E-state index contributed by atoms with van der Waals surface area (Å²) in [5.74, 6) is -0.771. The molecule has 31 heavy (non-hydrogen) atoms. The van der Waals surface area contributed by atoms with Gasteiger partial charge in [0.15, 0.2) is 10.8 Å². The van der Waals surface area contributed by atoms with E-state index in [4.69, 9.17) is 0 Å².